The van der Waals surface area contributed by atoms with Gasteiger partial charge in [-0.05, 0) is 79.9 Å². The number of hydrogen-bond donors (Lipinski definition) is 0. The first kappa shape index (κ1) is 24.5. The van der Waals surface area contributed by atoms with E-state index in [4.69, 9.17) is 16.3 Å². The second-order valence-corrected chi connectivity index (χ2v) is 9.31. The summed E-state index contributed by atoms with van der Waals surface area (Å²) in [5.74, 6) is 0.798. The zero-order chi connectivity index (χ0) is 23.6. The molecule has 178 valence electrons. The summed E-state index contributed by atoms with van der Waals surface area (Å²) < 4.78 is 5.88. The summed E-state index contributed by atoms with van der Waals surface area (Å²) in [7, 11) is 0. The number of piperazine rings is 1. The summed E-state index contributed by atoms with van der Waals surface area (Å²) in [5.41, 5.74) is 2.69. The third-order valence-electron chi connectivity index (χ3n) is 6.32. The van der Waals surface area contributed by atoms with Crippen LogP contribution < -0.4 is 4.74 Å². The zero-order valence-electron chi connectivity index (χ0n) is 19.7. The van der Waals surface area contributed by atoms with E-state index in [1.165, 1.54) is 18.5 Å². The van der Waals surface area contributed by atoms with Crippen LogP contribution in [0.5, 0.6) is 5.75 Å². The first-order valence-corrected chi connectivity index (χ1v) is 12.6. The molecule has 1 aliphatic heterocycles. The molecular weight excluding hydrogens is 444 g/mol. The van der Waals surface area contributed by atoms with Crippen LogP contribution in [0.15, 0.2) is 78.9 Å². The summed E-state index contributed by atoms with van der Waals surface area (Å²) >= 11 is 5.90. The van der Waals surface area contributed by atoms with Crippen molar-refractivity contribution < 1.29 is 9.53 Å². The van der Waals surface area contributed by atoms with Crippen LogP contribution in [0.2, 0.25) is 5.02 Å². The number of nitrogens with zero attached hydrogens (tertiary/aromatic N) is 2. The van der Waals surface area contributed by atoms with Crippen molar-refractivity contribution in [3.05, 3.63) is 101 Å². The van der Waals surface area contributed by atoms with Crippen LogP contribution in [0.1, 0.15) is 40.7 Å². The first-order chi connectivity index (χ1) is 16.7. The molecule has 1 heterocycles. The van der Waals surface area contributed by atoms with Gasteiger partial charge in [-0.3, -0.25) is 9.69 Å². The fourth-order valence-corrected chi connectivity index (χ4v) is 4.41. The molecule has 1 fully saturated rings. The van der Waals surface area contributed by atoms with E-state index >= 15 is 0 Å². The summed E-state index contributed by atoms with van der Waals surface area (Å²) in [6.45, 7) is 7.54. The van der Waals surface area contributed by atoms with Gasteiger partial charge < -0.3 is 9.64 Å². The standard InChI is InChI=1S/C29H33ClN2O2/c30-27-13-9-25(10-14-27)29(33)26-11-15-28(16-12-26)34-22-6-2-5-17-31-18-20-32(21-19-31)23-24-7-3-1-4-8-24/h1,3-4,7-16H,2,5-6,17-23H2. The van der Waals surface area contributed by atoms with Gasteiger partial charge in [-0.25, -0.2) is 0 Å². The molecule has 0 spiro atoms. The molecule has 1 saturated heterocycles. The Morgan fingerprint density at radius 1 is 0.735 bits per heavy atom. The Morgan fingerprint density at radius 3 is 2.03 bits per heavy atom. The third-order valence-corrected chi connectivity index (χ3v) is 6.58. The maximum Gasteiger partial charge on any atom is 0.193 e. The van der Waals surface area contributed by atoms with Crippen LogP contribution in [-0.2, 0) is 6.54 Å². The maximum absolute atomic E-state index is 12.5. The van der Waals surface area contributed by atoms with Crippen molar-refractivity contribution >= 4 is 17.4 Å². The van der Waals surface area contributed by atoms with E-state index in [-0.39, 0.29) is 5.78 Å². The molecule has 4 rings (SSSR count). The Kier molecular flexibility index (Phi) is 9.14. The minimum atomic E-state index is -0.0101. The fraction of sp³-hybridized carbons (Fsp3) is 0.345. The van der Waals surface area contributed by atoms with Gasteiger partial charge in [0.1, 0.15) is 5.75 Å². The van der Waals surface area contributed by atoms with Crippen molar-refractivity contribution in [1.82, 2.24) is 9.80 Å². The van der Waals surface area contributed by atoms with Crippen LogP contribution in [-0.4, -0.2) is 54.9 Å². The molecular formula is C29H33ClN2O2. The number of carbonyl (C=O) groups excluding carboxylic acids is 1. The van der Waals surface area contributed by atoms with Gasteiger partial charge in [-0.15, -0.1) is 0 Å². The van der Waals surface area contributed by atoms with Gasteiger partial charge in [0.25, 0.3) is 0 Å². The molecule has 3 aromatic carbocycles. The minimum Gasteiger partial charge on any atom is -0.494 e. The van der Waals surface area contributed by atoms with Crippen LogP contribution >= 0.6 is 11.6 Å². The fourth-order valence-electron chi connectivity index (χ4n) is 4.29. The lowest BCUT2D eigenvalue weighted by Crippen LogP contribution is -2.46. The van der Waals surface area contributed by atoms with Gasteiger partial charge in [0.15, 0.2) is 5.78 Å². The number of hydrogen-bond acceptors (Lipinski definition) is 4. The SMILES string of the molecule is O=C(c1ccc(Cl)cc1)c1ccc(OCCCCCN2CCN(Cc3ccccc3)CC2)cc1. The average molecular weight is 477 g/mol. The predicted octanol–water partition coefficient (Wildman–Crippen LogP) is 5.94. The van der Waals surface area contributed by atoms with E-state index in [2.05, 4.69) is 40.1 Å². The molecule has 0 radical (unpaired) electrons. The Morgan fingerprint density at radius 2 is 1.35 bits per heavy atom. The van der Waals surface area contributed by atoms with Gasteiger partial charge in [0.05, 0.1) is 6.61 Å². The quantitative estimate of drug-likeness (QED) is 0.253. The predicted molar refractivity (Wildman–Crippen MR) is 139 cm³/mol. The molecule has 0 saturated carbocycles. The third kappa shape index (κ3) is 7.42. The second kappa shape index (κ2) is 12.7. The van der Waals surface area contributed by atoms with Crippen LogP contribution in [0.25, 0.3) is 0 Å². The molecule has 0 bridgehead atoms. The van der Waals surface area contributed by atoms with Crippen LogP contribution in [0.4, 0.5) is 0 Å². The Balaban J connectivity index is 1.08. The van der Waals surface area contributed by atoms with Gasteiger partial charge in [0, 0.05) is 48.9 Å². The van der Waals surface area contributed by atoms with Crippen molar-refractivity contribution in [3.63, 3.8) is 0 Å². The largest absolute Gasteiger partial charge is 0.494 e. The molecule has 34 heavy (non-hydrogen) atoms. The number of ketones is 1. The van der Waals surface area contributed by atoms with E-state index in [0.29, 0.717) is 22.8 Å². The lowest BCUT2D eigenvalue weighted by atomic mass is 10.0. The summed E-state index contributed by atoms with van der Waals surface area (Å²) in [6, 6.07) is 25.1. The molecule has 0 atom stereocenters. The summed E-state index contributed by atoms with van der Waals surface area (Å²) in [4.78, 5) is 17.7. The topological polar surface area (TPSA) is 32.8 Å². The number of rotatable bonds is 11. The normalized spacial score (nSPS) is 14.7. The van der Waals surface area contributed by atoms with Crippen molar-refractivity contribution in [2.45, 2.75) is 25.8 Å². The molecule has 0 aromatic heterocycles. The van der Waals surface area contributed by atoms with Gasteiger partial charge in [-0.2, -0.15) is 0 Å². The Hall–Kier alpha value is -2.66. The highest BCUT2D eigenvalue weighted by Gasteiger charge is 2.16. The molecule has 4 nitrogen and oxygen atoms in total. The highest BCUT2D eigenvalue weighted by molar-refractivity contribution is 6.30. The number of benzene rings is 3. The second-order valence-electron chi connectivity index (χ2n) is 8.87. The van der Waals surface area contributed by atoms with Crippen LogP contribution in [0.3, 0.4) is 0 Å². The van der Waals surface area contributed by atoms with Gasteiger partial charge >= 0.3 is 0 Å². The smallest absolute Gasteiger partial charge is 0.193 e. The molecule has 3 aromatic rings. The van der Waals surface area contributed by atoms with Gasteiger partial charge in [-0.1, -0.05) is 41.9 Å². The monoisotopic (exact) mass is 476 g/mol. The lowest BCUT2D eigenvalue weighted by molar-refractivity contribution is 0.103. The van der Waals surface area contributed by atoms with E-state index in [0.717, 1.165) is 51.3 Å². The first-order valence-electron chi connectivity index (χ1n) is 12.2. The van der Waals surface area contributed by atoms with Crippen LogP contribution in [0, 0.1) is 0 Å². The molecule has 0 unspecified atom stereocenters. The van der Waals surface area contributed by atoms with E-state index in [1.54, 1.807) is 24.3 Å². The van der Waals surface area contributed by atoms with Crippen molar-refractivity contribution in [3.8, 4) is 5.75 Å². The number of unbranched alkanes of at least 4 members (excludes halogenated alkanes) is 2. The highest BCUT2D eigenvalue weighted by atomic mass is 35.5. The zero-order valence-corrected chi connectivity index (χ0v) is 20.4. The maximum atomic E-state index is 12.5. The van der Waals surface area contributed by atoms with Crippen molar-refractivity contribution in [1.29, 1.82) is 0 Å². The van der Waals surface area contributed by atoms with E-state index in [1.807, 2.05) is 24.3 Å². The molecule has 1 aliphatic rings. The lowest BCUT2D eigenvalue weighted by Gasteiger charge is -2.34. The molecule has 0 N–H and O–H groups in total. The molecule has 5 heteroatoms. The number of ether oxygens (including phenoxy) is 1. The highest BCUT2D eigenvalue weighted by Crippen LogP contribution is 2.18. The van der Waals surface area contributed by atoms with E-state index in [9.17, 15) is 4.79 Å². The molecule has 0 amide bonds. The van der Waals surface area contributed by atoms with Gasteiger partial charge in [0.2, 0.25) is 0 Å². The summed E-state index contributed by atoms with van der Waals surface area (Å²) in [5, 5.41) is 0.627. The number of halogens is 1. The number of carbonyl (C=O) groups is 1. The minimum absolute atomic E-state index is 0.0101. The summed E-state index contributed by atoms with van der Waals surface area (Å²) in [6.07, 6.45) is 3.41. The van der Waals surface area contributed by atoms with Crippen molar-refractivity contribution in [2.75, 3.05) is 39.3 Å². The molecule has 0 aliphatic carbocycles. The Bertz CT molecular complexity index is 1010. The Labute approximate surface area is 208 Å². The average Bonchev–Trinajstić information content (AvgIpc) is 2.88. The van der Waals surface area contributed by atoms with E-state index < -0.39 is 0 Å². The van der Waals surface area contributed by atoms with Crippen molar-refractivity contribution in [2.24, 2.45) is 0 Å².